The number of hydrogen-bond donors (Lipinski definition) is 0. The molecule has 0 aliphatic carbocycles. The average Bonchev–Trinajstić information content (AvgIpc) is 2.96. The van der Waals surface area contributed by atoms with Crippen molar-refractivity contribution in [3.63, 3.8) is 0 Å². The van der Waals surface area contributed by atoms with E-state index in [4.69, 9.17) is 0 Å². The second kappa shape index (κ2) is 7.42. The zero-order valence-corrected chi connectivity index (χ0v) is 16.0. The maximum absolute atomic E-state index is 12.5. The number of rotatable bonds is 6. The third-order valence-electron chi connectivity index (χ3n) is 3.77. The Hall–Kier alpha value is -0.440. The van der Waals surface area contributed by atoms with Crippen LogP contribution in [0.1, 0.15) is 18.2 Å². The number of nitrogens with zero attached hydrogens (tertiary/aromatic N) is 2. The van der Waals surface area contributed by atoms with Crippen LogP contribution in [0.3, 0.4) is 0 Å². The molecule has 0 aromatic carbocycles. The highest BCUT2D eigenvalue weighted by Crippen LogP contribution is 2.23. The molecule has 124 valence electrons. The molecule has 0 N–H and O–H groups in total. The molecule has 0 bridgehead atoms. The number of amides is 1. The summed E-state index contributed by atoms with van der Waals surface area (Å²) >= 11 is 5.08. The summed E-state index contributed by atoms with van der Waals surface area (Å²) in [7, 11) is -1.06. The van der Waals surface area contributed by atoms with Crippen molar-refractivity contribution in [3.05, 3.63) is 20.8 Å². The third-order valence-corrected chi connectivity index (χ3v) is 7.13. The number of halogens is 1. The molecule has 0 radical (unpaired) electrons. The molecular weight excluding hydrogens is 388 g/mol. The second-order valence-electron chi connectivity index (χ2n) is 5.61. The van der Waals surface area contributed by atoms with Crippen molar-refractivity contribution < 1.29 is 13.2 Å². The van der Waals surface area contributed by atoms with Crippen molar-refractivity contribution >= 4 is 43.0 Å². The summed E-state index contributed by atoms with van der Waals surface area (Å²) in [6, 6.07) is 3.88. The van der Waals surface area contributed by atoms with E-state index in [-0.39, 0.29) is 23.5 Å². The maximum atomic E-state index is 12.5. The molecule has 1 aromatic heterocycles. The predicted molar refractivity (Wildman–Crippen MR) is 92.8 cm³/mol. The summed E-state index contributed by atoms with van der Waals surface area (Å²) in [5.74, 6) is 0.303. The number of thiophene rings is 1. The smallest absolute Gasteiger partial charge is 0.237 e. The Balaban J connectivity index is 1.91. The summed E-state index contributed by atoms with van der Waals surface area (Å²) in [6.07, 6.45) is 0.559. The molecule has 1 amide bonds. The zero-order chi connectivity index (χ0) is 16.3. The van der Waals surface area contributed by atoms with E-state index in [1.165, 1.54) is 4.88 Å². The van der Waals surface area contributed by atoms with Gasteiger partial charge in [-0.05, 0) is 48.5 Å². The highest BCUT2D eigenvalue weighted by molar-refractivity contribution is 9.11. The molecule has 1 fully saturated rings. The molecule has 1 aliphatic heterocycles. The van der Waals surface area contributed by atoms with Crippen molar-refractivity contribution in [1.29, 1.82) is 0 Å². The third kappa shape index (κ3) is 4.78. The molecule has 1 aromatic rings. The SMILES string of the molecule is CCN(C(=O)CN(C)Cc1ccc(Br)s1)C1CCS(=O)(=O)C1. The largest absolute Gasteiger partial charge is 0.338 e. The van der Waals surface area contributed by atoms with Crippen LogP contribution in [0.2, 0.25) is 0 Å². The molecule has 5 nitrogen and oxygen atoms in total. The van der Waals surface area contributed by atoms with E-state index in [9.17, 15) is 13.2 Å². The quantitative estimate of drug-likeness (QED) is 0.721. The van der Waals surface area contributed by atoms with Crippen molar-refractivity contribution in [3.8, 4) is 0 Å². The standard InChI is InChI=1S/C14H21BrN2O3S2/c1-3-17(11-6-7-22(19,20)10-11)14(18)9-16(2)8-12-4-5-13(15)21-12/h4-5,11H,3,6-10H2,1-2H3. The number of hydrogen-bond acceptors (Lipinski definition) is 5. The van der Waals surface area contributed by atoms with Gasteiger partial charge < -0.3 is 4.90 Å². The number of carbonyl (C=O) groups excluding carboxylic acids is 1. The van der Waals surface area contributed by atoms with E-state index < -0.39 is 9.84 Å². The Kier molecular flexibility index (Phi) is 6.04. The first-order valence-electron chi connectivity index (χ1n) is 7.23. The molecule has 0 spiro atoms. The van der Waals surface area contributed by atoms with Gasteiger partial charge in [0, 0.05) is 24.0 Å². The van der Waals surface area contributed by atoms with Gasteiger partial charge in [0.05, 0.1) is 21.8 Å². The van der Waals surface area contributed by atoms with E-state index in [1.54, 1.807) is 16.2 Å². The van der Waals surface area contributed by atoms with Crippen LogP contribution in [0.15, 0.2) is 15.9 Å². The van der Waals surface area contributed by atoms with Gasteiger partial charge in [0.25, 0.3) is 0 Å². The fourth-order valence-electron chi connectivity index (χ4n) is 2.74. The van der Waals surface area contributed by atoms with Crippen molar-refractivity contribution in [2.75, 3.05) is 31.6 Å². The summed E-state index contributed by atoms with van der Waals surface area (Å²) in [5.41, 5.74) is 0. The molecule has 1 aliphatic rings. The minimum atomic E-state index is -2.97. The fraction of sp³-hybridized carbons (Fsp3) is 0.643. The molecular formula is C14H21BrN2O3S2. The first-order chi connectivity index (χ1) is 10.3. The highest BCUT2D eigenvalue weighted by atomic mass is 79.9. The summed E-state index contributed by atoms with van der Waals surface area (Å²) < 4.78 is 24.3. The number of carbonyl (C=O) groups is 1. The Morgan fingerprint density at radius 3 is 2.68 bits per heavy atom. The Labute approximate surface area is 144 Å². The maximum Gasteiger partial charge on any atom is 0.237 e. The summed E-state index contributed by atoms with van der Waals surface area (Å²) in [4.78, 5) is 17.3. The lowest BCUT2D eigenvalue weighted by Crippen LogP contribution is -2.45. The van der Waals surface area contributed by atoms with E-state index >= 15 is 0 Å². The van der Waals surface area contributed by atoms with Crippen molar-refractivity contribution in [1.82, 2.24) is 9.80 Å². The monoisotopic (exact) mass is 408 g/mol. The van der Waals surface area contributed by atoms with Gasteiger partial charge in [-0.3, -0.25) is 9.69 Å². The van der Waals surface area contributed by atoms with Crippen molar-refractivity contribution in [2.24, 2.45) is 0 Å². The molecule has 8 heteroatoms. The first kappa shape index (κ1) is 17.9. The lowest BCUT2D eigenvalue weighted by molar-refractivity contribution is -0.133. The van der Waals surface area contributed by atoms with Gasteiger partial charge in [-0.15, -0.1) is 11.3 Å². The van der Waals surface area contributed by atoms with Crippen LogP contribution in [0.25, 0.3) is 0 Å². The van der Waals surface area contributed by atoms with Crippen LogP contribution in [0.5, 0.6) is 0 Å². The van der Waals surface area contributed by atoms with E-state index in [0.717, 1.165) is 3.79 Å². The molecule has 1 atom stereocenters. The van der Waals surface area contributed by atoms with Gasteiger partial charge in [0.15, 0.2) is 9.84 Å². The van der Waals surface area contributed by atoms with Crippen LogP contribution in [0, 0.1) is 0 Å². The molecule has 2 heterocycles. The van der Waals surface area contributed by atoms with E-state index in [0.29, 0.717) is 26.1 Å². The van der Waals surface area contributed by atoms with Crippen LogP contribution in [-0.4, -0.2) is 61.8 Å². The van der Waals surface area contributed by atoms with Gasteiger partial charge in [0.1, 0.15) is 0 Å². The first-order valence-corrected chi connectivity index (χ1v) is 10.7. The van der Waals surface area contributed by atoms with Crippen LogP contribution in [-0.2, 0) is 21.2 Å². The van der Waals surface area contributed by atoms with Gasteiger partial charge in [-0.2, -0.15) is 0 Å². The van der Waals surface area contributed by atoms with Crippen LogP contribution in [0.4, 0.5) is 0 Å². The normalized spacial score (nSPS) is 20.5. The topological polar surface area (TPSA) is 57.7 Å². The minimum Gasteiger partial charge on any atom is -0.338 e. The Morgan fingerprint density at radius 1 is 1.45 bits per heavy atom. The van der Waals surface area contributed by atoms with Gasteiger partial charge in [-0.1, -0.05) is 0 Å². The van der Waals surface area contributed by atoms with Crippen molar-refractivity contribution in [2.45, 2.75) is 25.9 Å². The van der Waals surface area contributed by atoms with Crippen LogP contribution < -0.4 is 0 Å². The second-order valence-corrected chi connectivity index (χ2v) is 10.4. The molecule has 1 unspecified atom stereocenters. The number of sulfone groups is 1. The molecule has 2 rings (SSSR count). The highest BCUT2D eigenvalue weighted by Gasteiger charge is 2.33. The Morgan fingerprint density at radius 2 is 2.18 bits per heavy atom. The van der Waals surface area contributed by atoms with E-state index in [2.05, 4.69) is 15.9 Å². The zero-order valence-electron chi connectivity index (χ0n) is 12.8. The molecule has 22 heavy (non-hydrogen) atoms. The average molecular weight is 409 g/mol. The van der Waals surface area contributed by atoms with Crippen LogP contribution >= 0.6 is 27.3 Å². The molecule has 0 saturated carbocycles. The van der Waals surface area contributed by atoms with Gasteiger partial charge in [-0.25, -0.2) is 8.42 Å². The lowest BCUT2D eigenvalue weighted by atomic mass is 10.2. The fourth-order valence-corrected chi connectivity index (χ4v) is 6.03. The minimum absolute atomic E-state index is 0.00252. The molecule has 1 saturated heterocycles. The number of likely N-dealkylation sites (N-methyl/N-ethyl adjacent to an activating group) is 2. The Bertz CT molecular complexity index is 630. The van der Waals surface area contributed by atoms with Gasteiger partial charge in [0.2, 0.25) is 5.91 Å². The predicted octanol–water partition coefficient (Wildman–Crippen LogP) is 1.98. The lowest BCUT2D eigenvalue weighted by Gasteiger charge is -2.28. The van der Waals surface area contributed by atoms with Gasteiger partial charge >= 0.3 is 0 Å². The summed E-state index contributed by atoms with van der Waals surface area (Å²) in [6.45, 7) is 3.47. The summed E-state index contributed by atoms with van der Waals surface area (Å²) in [5, 5.41) is 0. The van der Waals surface area contributed by atoms with E-state index in [1.807, 2.05) is 31.0 Å².